The second-order valence-corrected chi connectivity index (χ2v) is 6.95. The van der Waals surface area contributed by atoms with Crippen LogP contribution in [0.4, 0.5) is 17.1 Å². The van der Waals surface area contributed by atoms with Crippen molar-refractivity contribution in [3.05, 3.63) is 54.1 Å². The number of para-hydroxylation sites is 2. The predicted octanol–water partition coefficient (Wildman–Crippen LogP) is 3.43. The van der Waals surface area contributed by atoms with Crippen LogP contribution < -0.4 is 15.5 Å². The van der Waals surface area contributed by atoms with Gasteiger partial charge >= 0.3 is 5.97 Å². The summed E-state index contributed by atoms with van der Waals surface area (Å²) < 4.78 is 5.11. The molecule has 0 spiro atoms. The Bertz CT molecular complexity index is 895. The monoisotopic (exact) mass is 395 g/mol. The maximum atomic E-state index is 12.9. The molecule has 2 N–H and O–H groups in total. The highest BCUT2D eigenvalue weighted by Gasteiger charge is 2.29. The first kappa shape index (κ1) is 20.4. The molecular formula is C22H25N3O4. The Balaban J connectivity index is 1.67. The van der Waals surface area contributed by atoms with Crippen LogP contribution in [0.1, 0.15) is 37.0 Å². The lowest BCUT2D eigenvalue weighted by Gasteiger charge is -2.28. The third kappa shape index (κ3) is 4.93. The fraction of sp³-hybridized carbons (Fsp3) is 0.318. The number of ether oxygens (including phenoxy) is 1. The van der Waals surface area contributed by atoms with Crippen LogP contribution in [0.5, 0.6) is 0 Å². The average Bonchev–Trinajstić information content (AvgIpc) is 2.84. The topological polar surface area (TPSA) is 87.7 Å². The maximum absolute atomic E-state index is 12.9. The van der Waals surface area contributed by atoms with E-state index in [2.05, 4.69) is 10.6 Å². The number of hydrogen-bond donors (Lipinski definition) is 2. The summed E-state index contributed by atoms with van der Waals surface area (Å²) in [6.07, 6.45) is 1.00. The lowest BCUT2D eigenvalue weighted by molar-refractivity contribution is -0.118. The van der Waals surface area contributed by atoms with E-state index in [1.165, 1.54) is 0 Å². The van der Waals surface area contributed by atoms with Crippen LogP contribution in [0.15, 0.2) is 48.5 Å². The minimum atomic E-state index is -0.360. The lowest BCUT2D eigenvalue weighted by Crippen LogP contribution is -2.42. The van der Waals surface area contributed by atoms with Gasteiger partial charge in [0.15, 0.2) is 0 Å². The Hall–Kier alpha value is -3.35. The molecule has 0 saturated carbocycles. The van der Waals surface area contributed by atoms with Gasteiger partial charge in [-0.3, -0.25) is 9.59 Å². The number of carbonyl (C=O) groups excluding carboxylic acids is 3. The van der Waals surface area contributed by atoms with Gasteiger partial charge in [-0.2, -0.15) is 0 Å². The van der Waals surface area contributed by atoms with Crippen molar-refractivity contribution in [1.29, 1.82) is 0 Å². The summed E-state index contributed by atoms with van der Waals surface area (Å²) in [6, 6.07) is 13.8. The van der Waals surface area contributed by atoms with Crippen molar-refractivity contribution in [2.45, 2.75) is 32.7 Å². The van der Waals surface area contributed by atoms with Crippen molar-refractivity contribution in [2.75, 3.05) is 28.7 Å². The van der Waals surface area contributed by atoms with E-state index in [9.17, 15) is 14.4 Å². The van der Waals surface area contributed by atoms with E-state index in [1.54, 1.807) is 35.2 Å². The highest BCUT2D eigenvalue weighted by Crippen LogP contribution is 2.31. The molecule has 2 aromatic rings. The molecule has 2 amide bonds. The second kappa shape index (κ2) is 9.23. The summed E-state index contributed by atoms with van der Waals surface area (Å²) in [4.78, 5) is 38.5. The molecule has 0 bridgehead atoms. The Kier molecular flexibility index (Phi) is 6.49. The second-order valence-electron chi connectivity index (χ2n) is 6.95. The molecule has 7 heteroatoms. The van der Waals surface area contributed by atoms with Crippen LogP contribution in [0.3, 0.4) is 0 Å². The van der Waals surface area contributed by atoms with Gasteiger partial charge < -0.3 is 20.3 Å². The predicted molar refractivity (Wildman–Crippen MR) is 112 cm³/mol. The van der Waals surface area contributed by atoms with Crippen LogP contribution in [0.25, 0.3) is 0 Å². The van der Waals surface area contributed by atoms with Gasteiger partial charge in [0, 0.05) is 18.2 Å². The fourth-order valence-corrected chi connectivity index (χ4v) is 3.23. The quantitative estimate of drug-likeness (QED) is 0.732. The van der Waals surface area contributed by atoms with Crippen LogP contribution in [-0.4, -0.2) is 37.0 Å². The molecule has 7 nitrogen and oxygen atoms in total. The summed E-state index contributed by atoms with van der Waals surface area (Å²) >= 11 is 0. The van der Waals surface area contributed by atoms with E-state index >= 15 is 0 Å². The Morgan fingerprint density at radius 2 is 1.90 bits per heavy atom. The van der Waals surface area contributed by atoms with Gasteiger partial charge in [-0.25, -0.2) is 4.79 Å². The van der Waals surface area contributed by atoms with Crippen LogP contribution in [0.2, 0.25) is 0 Å². The zero-order valence-electron chi connectivity index (χ0n) is 16.6. The van der Waals surface area contributed by atoms with Gasteiger partial charge in [0.25, 0.3) is 0 Å². The third-order valence-electron chi connectivity index (χ3n) is 4.63. The van der Waals surface area contributed by atoms with Gasteiger partial charge in [0.05, 0.1) is 30.1 Å². The first-order chi connectivity index (χ1) is 14.0. The Labute approximate surface area is 170 Å². The minimum absolute atomic E-state index is 0.0620. The molecule has 1 aliphatic rings. The average molecular weight is 395 g/mol. The number of rotatable bonds is 6. The van der Waals surface area contributed by atoms with E-state index in [0.717, 1.165) is 12.1 Å². The van der Waals surface area contributed by atoms with Crippen LogP contribution in [-0.2, 0) is 14.3 Å². The lowest BCUT2D eigenvalue weighted by atomic mass is 10.1. The number of esters is 1. The van der Waals surface area contributed by atoms with E-state index in [4.69, 9.17) is 4.74 Å². The Morgan fingerprint density at radius 3 is 2.62 bits per heavy atom. The van der Waals surface area contributed by atoms with Crippen LogP contribution in [0, 0.1) is 0 Å². The molecule has 152 valence electrons. The number of hydrogen-bond acceptors (Lipinski definition) is 5. The SMILES string of the molecule is CCCOC(=O)c1ccc(NCC(=O)N2c3ccccc3NC(=O)C[C@@H]2C)cc1. The smallest absolute Gasteiger partial charge is 0.338 e. The Morgan fingerprint density at radius 1 is 1.17 bits per heavy atom. The van der Waals surface area contributed by atoms with E-state index < -0.39 is 0 Å². The summed E-state index contributed by atoms with van der Waals surface area (Å²) in [5.74, 6) is -0.617. The molecule has 29 heavy (non-hydrogen) atoms. The number of benzene rings is 2. The normalized spacial score (nSPS) is 15.7. The number of carbonyl (C=O) groups is 3. The molecule has 1 heterocycles. The molecule has 0 aliphatic carbocycles. The van der Waals surface area contributed by atoms with Crippen molar-refractivity contribution in [3.8, 4) is 0 Å². The molecular weight excluding hydrogens is 370 g/mol. The summed E-state index contributed by atoms with van der Waals surface area (Å²) in [5, 5.41) is 5.93. The molecule has 2 aromatic carbocycles. The van der Waals surface area contributed by atoms with Gasteiger partial charge in [-0.1, -0.05) is 19.1 Å². The first-order valence-corrected chi connectivity index (χ1v) is 9.71. The van der Waals surface area contributed by atoms with E-state index in [0.29, 0.717) is 23.5 Å². The van der Waals surface area contributed by atoms with Crippen molar-refractivity contribution in [3.63, 3.8) is 0 Å². The van der Waals surface area contributed by atoms with Crippen molar-refractivity contribution >= 4 is 34.8 Å². The molecule has 0 fully saturated rings. The van der Waals surface area contributed by atoms with Gasteiger partial charge in [0.1, 0.15) is 0 Å². The van der Waals surface area contributed by atoms with E-state index in [1.807, 2.05) is 32.0 Å². The molecule has 0 saturated heterocycles. The molecule has 1 atom stereocenters. The molecule has 0 radical (unpaired) electrons. The minimum Gasteiger partial charge on any atom is -0.462 e. The molecule has 0 aromatic heterocycles. The highest BCUT2D eigenvalue weighted by molar-refractivity contribution is 6.05. The molecule has 3 rings (SSSR count). The standard InChI is InChI=1S/C22H25N3O4/c1-3-12-29-22(28)16-8-10-17(11-9-16)23-14-21(27)25-15(2)13-20(26)24-18-6-4-5-7-19(18)25/h4-11,15,23H,3,12-14H2,1-2H3,(H,24,26)/t15-/m0/s1. The van der Waals surface area contributed by atoms with Crippen molar-refractivity contribution in [1.82, 2.24) is 0 Å². The first-order valence-electron chi connectivity index (χ1n) is 9.71. The number of nitrogens with zero attached hydrogens (tertiary/aromatic N) is 1. The summed E-state index contributed by atoms with van der Waals surface area (Å²) in [6.45, 7) is 4.25. The van der Waals surface area contributed by atoms with Gasteiger partial charge in [-0.05, 0) is 49.7 Å². The zero-order chi connectivity index (χ0) is 20.8. The number of anilines is 3. The highest BCUT2D eigenvalue weighted by atomic mass is 16.5. The van der Waals surface area contributed by atoms with Gasteiger partial charge in [0.2, 0.25) is 11.8 Å². The maximum Gasteiger partial charge on any atom is 0.338 e. The molecule has 0 unspecified atom stereocenters. The summed E-state index contributed by atoms with van der Waals surface area (Å²) in [7, 11) is 0. The largest absolute Gasteiger partial charge is 0.462 e. The van der Waals surface area contributed by atoms with Gasteiger partial charge in [-0.15, -0.1) is 0 Å². The summed E-state index contributed by atoms with van der Waals surface area (Å²) in [5.41, 5.74) is 2.50. The zero-order valence-corrected chi connectivity index (χ0v) is 16.6. The number of nitrogens with one attached hydrogen (secondary N) is 2. The van der Waals surface area contributed by atoms with Crippen molar-refractivity contribution in [2.24, 2.45) is 0 Å². The molecule has 1 aliphatic heterocycles. The fourth-order valence-electron chi connectivity index (χ4n) is 3.23. The van der Waals surface area contributed by atoms with Crippen molar-refractivity contribution < 1.29 is 19.1 Å². The van der Waals surface area contributed by atoms with Crippen LogP contribution >= 0.6 is 0 Å². The third-order valence-corrected chi connectivity index (χ3v) is 4.63. The van der Waals surface area contributed by atoms with E-state index in [-0.39, 0.29) is 36.8 Å². The number of amides is 2. The number of fused-ring (bicyclic) bond motifs is 1.